The van der Waals surface area contributed by atoms with Crippen LogP contribution in [0, 0.1) is 0 Å². The summed E-state index contributed by atoms with van der Waals surface area (Å²) in [6, 6.07) is 0.117. The molecule has 21 heavy (non-hydrogen) atoms. The Balaban J connectivity index is 1.71. The van der Waals surface area contributed by atoms with Crippen molar-refractivity contribution >= 4 is 17.7 Å². The van der Waals surface area contributed by atoms with Gasteiger partial charge in [0.1, 0.15) is 0 Å². The minimum atomic E-state index is 0.117. The van der Waals surface area contributed by atoms with E-state index in [1.54, 1.807) is 6.92 Å². The van der Waals surface area contributed by atoms with Crippen LogP contribution in [0.2, 0.25) is 0 Å². The van der Waals surface area contributed by atoms with Gasteiger partial charge in [-0.15, -0.1) is 0 Å². The molecule has 0 saturated carbocycles. The molecule has 0 spiro atoms. The molecule has 0 aromatic carbocycles. The van der Waals surface area contributed by atoms with Gasteiger partial charge in [-0.1, -0.05) is 0 Å². The van der Waals surface area contributed by atoms with Crippen LogP contribution in [-0.4, -0.2) is 56.8 Å². The lowest BCUT2D eigenvalue weighted by Crippen LogP contribution is -2.32. The molecule has 2 fully saturated rings. The molecule has 0 N–H and O–H groups in total. The highest BCUT2D eigenvalue weighted by atomic mass is 32.2. The molecule has 6 heteroatoms. The quantitative estimate of drug-likeness (QED) is 0.851. The monoisotopic (exact) mass is 306 g/mol. The first-order valence-electron chi connectivity index (χ1n) is 7.62. The van der Waals surface area contributed by atoms with Crippen molar-refractivity contribution in [2.45, 2.75) is 32.4 Å². The summed E-state index contributed by atoms with van der Waals surface area (Å²) < 4.78 is 0. The molecule has 1 amide bonds. The predicted molar refractivity (Wildman–Crippen MR) is 84.0 cm³/mol. The van der Waals surface area contributed by atoms with E-state index in [2.05, 4.69) is 9.88 Å². The highest BCUT2D eigenvalue weighted by Crippen LogP contribution is 2.30. The second-order valence-electron chi connectivity index (χ2n) is 5.69. The highest BCUT2D eigenvalue weighted by molar-refractivity contribution is 7.99. The van der Waals surface area contributed by atoms with Crippen molar-refractivity contribution in [3.8, 4) is 0 Å². The largest absolute Gasteiger partial charge is 0.334 e. The molecule has 1 atom stereocenters. The van der Waals surface area contributed by atoms with Gasteiger partial charge in [0.25, 0.3) is 0 Å². The number of carbonyl (C=O) groups excluding carboxylic acids is 1. The number of aromatic nitrogens is 2. The minimum Gasteiger partial charge on any atom is -0.334 e. The van der Waals surface area contributed by atoms with Crippen LogP contribution in [0.4, 0.5) is 0 Å². The van der Waals surface area contributed by atoms with Crippen LogP contribution < -0.4 is 0 Å². The summed E-state index contributed by atoms with van der Waals surface area (Å²) in [4.78, 5) is 25.2. The number of amides is 1. The van der Waals surface area contributed by atoms with E-state index in [0.717, 1.165) is 50.4 Å². The van der Waals surface area contributed by atoms with Crippen LogP contribution in [0.1, 0.15) is 37.2 Å². The van der Waals surface area contributed by atoms with Crippen LogP contribution in [0.5, 0.6) is 0 Å². The molecule has 2 saturated heterocycles. The van der Waals surface area contributed by atoms with Crippen LogP contribution in [0.3, 0.4) is 0 Å². The van der Waals surface area contributed by atoms with Crippen molar-refractivity contribution < 1.29 is 4.79 Å². The molecule has 1 unspecified atom stereocenters. The third kappa shape index (κ3) is 3.55. The van der Waals surface area contributed by atoms with Crippen LogP contribution in [0.25, 0.3) is 0 Å². The minimum absolute atomic E-state index is 0.117. The second-order valence-corrected chi connectivity index (χ2v) is 6.92. The fourth-order valence-electron chi connectivity index (χ4n) is 3.10. The topological polar surface area (TPSA) is 49.3 Å². The first-order chi connectivity index (χ1) is 10.2. The summed E-state index contributed by atoms with van der Waals surface area (Å²) in [5, 5.41) is 0. The smallest absolute Gasteiger partial charge is 0.220 e. The standard InChI is InChI=1S/C15H22N4OS/c1-12(20)19-4-2-3-15(19)14-10-16-9-13(17-14)11-18-5-7-21-8-6-18/h9-10,15H,2-8,11H2,1H3. The van der Waals surface area contributed by atoms with Crippen molar-refractivity contribution in [3.05, 3.63) is 23.8 Å². The van der Waals surface area contributed by atoms with Crippen molar-refractivity contribution in [2.75, 3.05) is 31.1 Å². The average Bonchev–Trinajstić information content (AvgIpc) is 2.98. The average molecular weight is 306 g/mol. The molecule has 1 aromatic heterocycles. The summed E-state index contributed by atoms with van der Waals surface area (Å²) >= 11 is 2.01. The molecule has 1 aromatic rings. The van der Waals surface area contributed by atoms with Crippen molar-refractivity contribution in [3.63, 3.8) is 0 Å². The molecular weight excluding hydrogens is 284 g/mol. The molecule has 0 bridgehead atoms. The third-order valence-corrected chi connectivity index (χ3v) is 5.13. The van der Waals surface area contributed by atoms with Gasteiger partial charge in [0.15, 0.2) is 0 Å². The molecule has 0 radical (unpaired) electrons. The Morgan fingerprint density at radius 3 is 2.90 bits per heavy atom. The first-order valence-corrected chi connectivity index (χ1v) is 8.77. The first kappa shape index (κ1) is 14.8. The van der Waals surface area contributed by atoms with Crippen molar-refractivity contribution in [1.29, 1.82) is 0 Å². The summed E-state index contributed by atoms with van der Waals surface area (Å²) in [6.07, 6.45) is 5.73. The molecule has 3 heterocycles. The third-order valence-electron chi connectivity index (χ3n) is 4.19. The lowest BCUT2D eigenvalue weighted by molar-refractivity contribution is -0.129. The Morgan fingerprint density at radius 2 is 2.14 bits per heavy atom. The van der Waals surface area contributed by atoms with Crippen molar-refractivity contribution in [2.24, 2.45) is 0 Å². The molecule has 2 aliphatic heterocycles. The van der Waals surface area contributed by atoms with Crippen LogP contribution in [0.15, 0.2) is 12.4 Å². The number of likely N-dealkylation sites (tertiary alicyclic amines) is 1. The van der Waals surface area contributed by atoms with Gasteiger partial charge in [0, 0.05) is 50.8 Å². The zero-order chi connectivity index (χ0) is 14.7. The van der Waals surface area contributed by atoms with E-state index >= 15 is 0 Å². The normalized spacial score (nSPS) is 23.5. The summed E-state index contributed by atoms with van der Waals surface area (Å²) in [7, 11) is 0. The molecule has 5 nitrogen and oxygen atoms in total. The number of carbonyl (C=O) groups is 1. The molecule has 0 aliphatic carbocycles. The number of hydrogen-bond acceptors (Lipinski definition) is 5. The number of nitrogens with zero attached hydrogens (tertiary/aromatic N) is 4. The maximum absolute atomic E-state index is 11.7. The van der Waals surface area contributed by atoms with Gasteiger partial charge in [0.2, 0.25) is 5.91 Å². The number of rotatable bonds is 3. The predicted octanol–water partition coefficient (Wildman–Crippen LogP) is 1.71. The Bertz CT molecular complexity index is 504. The lowest BCUT2D eigenvalue weighted by Gasteiger charge is -2.26. The Labute approximate surface area is 130 Å². The van der Waals surface area contributed by atoms with E-state index in [9.17, 15) is 4.79 Å². The van der Waals surface area contributed by atoms with Gasteiger partial charge in [0.05, 0.1) is 23.6 Å². The zero-order valence-electron chi connectivity index (χ0n) is 12.5. The van der Waals surface area contributed by atoms with Crippen molar-refractivity contribution in [1.82, 2.24) is 19.8 Å². The van der Waals surface area contributed by atoms with Crippen LogP contribution >= 0.6 is 11.8 Å². The lowest BCUT2D eigenvalue weighted by atomic mass is 10.1. The van der Waals surface area contributed by atoms with E-state index in [-0.39, 0.29) is 11.9 Å². The van der Waals surface area contributed by atoms with Gasteiger partial charge in [-0.3, -0.25) is 19.7 Å². The summed E-state index contributed by atoms with van der Waals surface area (Å²) in [6.45, 7) is 5.60. The maximum Gasteiger partial charge on any atom is 0.220 e. The van der Waals surface area contributed by atoms with E-state index in [1.165, 1.54) is 11.5 Å². The van der Waals surface area contributed by atoms with Gasteiger partial charge in [-0.05, 0) is 12.8 Å². The van der Waals surface area contributed by atoms with E-state index in [1.807, 2.05) is 29.1 Å². The summed E-state index contributed by atoms with van der Waals surface area (Å²) in [5.41, 5.74) is 1.97. The Kier molecular flexibility index (Phi) is 4.75. The number of thioether (sulfide) groups is 1. The molecule has 2 aliphatic rings. The maximum atomic E-state index is 11.7. The molecular formula is C15H22N4OS. The Hall–Kier alpha value is -1.14. The fourth-order valence-corrected chi connectivity index (χ4v) is 4.08. The summed E-state index contributed by atoms with van der Waals surface area (Å²) in [5.74, 6) is 2.54. The van der Waals surface area contributed by atoms with Gasteiger partial charge in [-0.2, -0.15) is 11.8 Å². The van der Waals surface area contributed by atoms with Gasteiger partial charge >= 0.3 is 0 Å². The van der Waals surface area contributed by atoms with Gasteiger partial charge in [-0.25, -0.2) is 0 Å². The Morgan fingerprint density at radius 1 is 1.33 bits per heavy atom. The number of hydrogen-bond donors (Lipinski definition) is 0. The fraction of sp³-hybridized carbons (Fsp3) is 0.667. The zero-order valence-corrected chi connectivity index (χ0v) is 13.3. The second kappa shape index (κ2) is 6.75. The molecule has 3 rings (SSSR count). The molecule has 114 valence electrons. The van der Waals surface area contributed by atoms with E-state index in [0.29, 0.717) is 0 Å². The van der Waals surface area contributed by atoms with Gasteiger partial charge < -0.3 is 4.90 Å². The SMILES string of the molecule is CC(=O)N1CCCC1c1cncc(CN2CCSCC2)n1. The van der Waals surface area contributed by atoms with E-state index in [4.69, 9.17) is 4.98 Å². The highest BCUT2D eigenvalue weighted by Gasteiger charge is 2.29. The van der Waals surface area contributed by atoms with Crippen LogP contribution in [-0.2, 0) is 11.3 Å². The van der Waals surface area contributed by atoms with E-state index < -0.39 is 0 Å².